The monoisotopic (exact) mass is 334 g/mol. The number of anilines is 1. The average Bonchev–Trinajstić information content (AvgIpc) is 2.50. The summed E-state index contributed by atoms with van der Waals surface area (Å²) >= 11 is 4.55. The van der Waals surface area contributed by atoms with Crippen LogP contribution in [-0.4, -0.2) is 39.9 Å². The van der Waals surface area contributed by atoms with Crippen molar-refractivity contribution in [3.8, 4) is 0 Å². The Kier molecular flexibility index (Phi) is 4.80. The Hall–Kier alpha value is -1.30. The lowest BCUT2D eigenvalue weighted by atomic mass is 9.79. The highest BCUT2D eigenvalue weighted by molar-refractivity contribution is 7.81. The van der Waals surface area contributed by atoms with E-state index in [0.717, 1.165) is 50.3 Å². The summed E-state index contributed by atoms with van der Waals surface area (Å²) in [7, 11) is 0. The molecule has 0 radical (unpaired) electrons. The van der Waals surface area contributed by atoms with Gasteiger partial charge in [0.2, 0.25) is 5.91 Å². The van der Waals surface area contributed by atoms with Gasteiger partial charge in [-0.05, 0) is 46.0 Å². The molecule has 1 N–H and O–H groups in total. The van der Waals surface area contributed by atoms with E-state index >= 15 is 0 Å². The lowest BCUT2D eigenvalue weighted by Crippen LogP contribution is -2.47. The van der Waals surface area contributed by atoms with E-state index in [1.165, 1.54) is 6.42 Å². The molecule has 23 heavy (non-hydrogen) atoms. The summed E-state index contributed by atoms with van der Waals surface area (Å²) in [5.74, 6) is 1.36. The second-order valence-corrected chi connectivity index (χ2v) is 8.36. The Balaban J connectivity index is 1.51. The number of piperidine rings is 1. The van der Waals surface area contributed by atoms with Crippen molar-refractivity contribution < 1.29 is 4.79 Å². The van der Waals surface area contributed by atoms with Crippen LogP contribution >= 0.6 is 12.6 Å². The van der Waals surface area contributed by atoms with Crippen molar-refractivity contribution in [2.24, 2.45) is 5.92 Å². The molecule has 1 saturated heterocycles. The van der Waals surface area contributed by atoms with E-state index in [1.807, 2.05) is 19.9 Å². The van der Waals surface area contributed by atoms with Crippen LogP contribution in [0.1, 0.15) is 51.6 Å². The molecule has 0 aromatic carbocycles. The zero-order valence-electron chi connectivity index (χ0n) is 14.0. The van der Waals surface area contributed by atoms with Crippen molar-refractivity contribution in [1.82, 2.24) is 14.9 Å². The van der Waals surface area contributed by atoms with E-state index in [4.69, 9.17) is 0 Å². The van der Waals surface area contributed by atoms with Crippen LogP contribution in [0.15, 0.2) is 12.4 Å². The fourth-order valence-electron chi connectivity index (χ4n) is 3.29. The summed E-state index contributed by atoms with van der Waals surface area (Å²) in [6, 6.07) is 2.28. The second-order valence-electron chi connectivity index (χ2n) is 7.24. The molecule has 1 aliphatic carbocycles. The van der Waals surface area contributed by atoms with Crippen molar-refractivity contribution in [3.05, 3.63) is 18.1 Å². The van der Waals surface area contributed by atoms with Gasteiger partial charge in [0, 0.05) is 35.9 Å². The molecule has 1 amide bonds. The van der Waals surface area contributed by atoms with Crippen molar-refractivity contribution in [2.75, 3.05) is 18.4 Å². The number of carbonyl (C=O) groups is 1. The molecule has 1 saturated carbocycles. The third kappa shape index (κ3) is 3.97. The van der Waals surface area contributed by atoms with Gasteiger partial charge in [-0.25, -0.2) is 9.97 Å². The van der Waals surface area contributed by atoms with Crippen LogP contribution in [0.5, 0.6) is 0 Å². The van der Waals surface area contributed by atoms with Crippen molar-refractivity contribution in [2.45, 2.75) is 56.7 Å². The van der Waals surface area contributed by atoms with Crippen LogP contribution in [0.25, 0.3) is 0 Å². The van der Waals surface area contributed by atoms with Crippen molar-refractivity contribution in [3.63, 3.8) is 0 Å². The van der Waals surface area contributed by atoms with Crippen molar-refractivity contribution in [1.29, 1.82) is 0 Å². The van der Waals surface area contributed by atoms with Crippen molar-refractivity contribution >= 4 is 24.4 Å². The van der Waals surface area contributed by atoms with Crippen LogP contribution in [0, 0.1) is 5.92 Å². The van der Waals surface area contributed by atoms with Gasteiger partial charge < -0.3 is 10.2 Å². The third-order valence-electron chi connectivity index (χ3n) is 4.80. The van der Waals surface area contributed by atoms with E-state index < -0.39 is 0 Å². The molecular formula is C17H26N4OS. The number of rotatable bonds is 4. The summed E-state index contributed by atoms with van der Waals surface area (Å²) in [6.07, 6.45) is 6.95. The van der Waals surface area contributed by atoms with Gasteiger partial charge in [-0.1, -0.05) is 0 Å². The number of nitrogens with one attached hydrogen (secondary N) is 1. The van der Waals surface area contributed by atoms with E-state index in [-0.39, 0.29) is 10.7 Å². The van der Waals surface area contributed by atoms with Gasteiger partial charge in [-0.15, -0.1) is 0 Å². The zero-order valence-corrected chi connectivity index (χ0v) is 14.9. The van der Waals surface area contributed by atoms with E-state index in [0.29, 0.717) is 11.9 Å². The smallest absolute Gasteiger partial charge is 0.225 e. The first kappa shape index (κ1) is 16.6. The SMILES string of the molecule is CC(C)(S)c1cc(NC2CC(C(=O)N3CCCCC3)C2)ncn1. The van der Waals surface area contributed by atoms with Crippen LogP contribution in [0.4, 0.5) is 5.82 Å². The first-order valence-corrected chi connectivity index (χ1v) is 8.98. The van der Waals surface area contributed by atoms with Gasteiger partial charge in [0.05, 0.1) is 5.69 Å². The van der Waals surface area contributed by atoms with Gasteiger partial charge in [-0.2, -0.15) is 12.6 Å². The molecule has 0 spiro atoms. The van der Waals surface area contributed by atoms with Crippen LogP contribution < -0.4 is 5.32 Å². The Morgan fingerprint density at radius 2 is 1.96 bits per heavy atom. The van der Waals surface area contributed by atoms with E-state index in [2.05, 4.69) is 32.8 Å². The lowest BCUT2D eigenvalue weighted by Gasteiger charge is -2.39. The zero-order chi connectivity index (χ0) is 16.4. The molecule has 3 rings (SSSR count). The topological polar surface area (TPSA) is 58.1 Å². The minimum atomic E-state index is -0.286. The van der Waals surface area contributed by atoms with Gasteiger partial charge in [-0.3, -0.25) is 4.79 Å². The van der Waals surface area contributed by atoms with Gasteiger partial charge in [0.1, 0.15) is 12.1 Å². The van der Waals surface area contributed by atoms with Crippen LogP contribution in [0.2, 0.25) is 0 Å². The molecule has 126 valence electrons. The molecule has 2 aliphatic rings. The molecule has 0 unspecified atom stereocenters. The summed E-state index contributed by atoms with van der Waals surface area (Å²) in [6.45, 7) is 5.91. The van der Waals surface area contributed by atoms with Gasteiger partial charge in [0.25, 0.3) is 0 Å². The number of likely N-dealkylation sites (tertiary alicyclic amines) is 1. The summed E-state index contributed by atoms with van der Waals surface area (Å²) < 4.78 is -0.286. The molecule has 1 aliphatic heterocycles. The van der Waals surface area contributed by atoms with Gasteiger partial charge in [0.15, 0.2) is 0 Å². The maximum atomic E-state index is 12.4. The van der Waals surface area contributed by atoms with E-state index in [9.17, 15) is 4.79 Å². The molecular weight excluding hydrogens is 308 g/mol. The minimum Gasteiger partial charge on any atom is -0.367 e. The Labute approximate surface area is 143 Å². The average molecular weight is 334 g/mol. The number of hydrogen-bond donors (Lipinski definition) is 2. The Morgan fingerprint density at radius 1 is 1.26 bits per heavy atom. The van der Waals surface area contributed by atoms with Crippen LogP contribution in [0.3, 0.4) is 0 Å². The quantitative estimate of drug-likeness (QED) is 0.831. The molecule has 6 heteroatoms. The molecule has 2 heterocycles. The fraction of sp³-hybridized carbons (Fsp3) is 0.706. The summed E-state index contributed by atoms with van der Waals surface area (Å²) in [4.78, 5) is 23.0. The summed E-state index contributed by atoms with van der Waals surface area (Å²) in [5, 5.41) is 3.42. The first-order chi connectivity index (χ1) is 10.9. The highest BCUT2D eigenvalue weighted by Gasteiger charge is 2.37. The minimum absolute atomic E-state index is 0.188. The molecule has 2 fully saturated rings. The highest BCUT2D eigenvalue weighted by Crippen LogP contribution is 2.33. The predicted molar refractivity (Wildman–Crippen MR) is 94.6 cm³/mol. The second kappa shape index (κ2) is 6.67. The first-order valence-electron chi connectivity index (χ1n) is 8.54. The standard InChI is InChI=1S/C17H26N4OS/c1-17(2,23)14-10-15(19-11-18-14)20-13-8-12(9-13)16(22)21-6-4-3-5-7-21/h10-13,23H,3-9H2,1-2H3,(H,18,19,20). The molecule has 1 aromatic rings. The molecule has 0 bridgehead atoms. The maximum absolute atomic E-state index is 12.4. The largest absolute Gasteiger partial charge is 0.367 e. The normalized spacial score (nSPS) is 24.9. The maximum Gasteiger partial charge on any atom is 0.225 e. The lowest BCUT2D eigenvalue weighted by molar-refractivity contribution is -0.139. The number of aromatic nitrogens is 2. The number of nitrogens with zero attached hydrogens (tertiary/aromatic N) is 3. The fourth-order valence-corrected chi connectivity index (χ4v) is 3.41. The number of thiol groups is 1. The number of carbonyl (C=O) groups excluding carboxylic acids is 1. The molecule has 0 atom stereocenters. The Morgan fingerprint density at radius 3 is 2.61 bits per heavy atom. The van der Waals surface area contributed by atoms with Gasteiger partial charge >= 0.3 is 0 Å². The third-order valence-corrected chi connectivity index (χ3v) is 5.03. The van der Waals surface area contributed by atoms with E-state index in [1.54, 1.807) is 6.33 Å². The summed E-state index contributed by atoms with van der Waals surface area (Å²) in [5.41, 5.74) is 0.901. The molecule has 5 nitrogen and oxygen atoms in total. The Bertz CT molecular complexity index is 560. The predicted octanol–water partition coefficient (Wildman–Crippen LogP) is 2.84. The highest BCUT2D eigenvalue weighted by atomic mass is 32.1. The molecule has 1 aromatic heterocycles. The van der Waals surface area contributed by atoms with Crippen LogP contribution in [-0.2, 0) is 9.54 Å². The number of amides is 1. The number of hydrogen-bond acceptors (Lipinski definition) is 5.